The molecule has 0 amide bonds. The molecule has 1 atom stereocenters. The van der Waals surface area contributed by atoms with Crippen molar-refractivity contribution in [3.63, 3.8) is 0 Å². The molecule has 2 saturated heterocycles. The van der Waals surface area contributed by atoms with Crippen LogP contribution >= 0.6 is 0 Å². The van der Waals surface area contributed by atoms with Crippen LogP contribution in [0.1, 0.15) is 25.7 Å². The first-order chi connectivity index (χ1) is 11.3. The zero-order valence-electron chi connectivity index (χ0n) is 13.7. The molecule has 0 spiro atoms. The average Bonchev–Trinajstić information content (AvgIpc) is 3.15. The number of rotatable bonds is 6. The van der Waals surface area contributed by atoms with Crippen molar-refractivity contribution < 1.29 is 16.8 Å². The maximum Gasteiger partial charge on any atom is 0.214 e. The Hall–Kier alpha value is -0.930. The molecule has 0 aliphatic carbocycles. The number of sulfonamides is 1. The third-order valence-corrected chi connectivity index (χ3v) is 8.82. The van der Waals surface area contributed by atoms with Gasteiger partial charge in [-0.3, -0.25) is 4.68 Å². The first kappa shape index (κ1) is 17.9. The molecule has 1 unspecified atom stereocenters. The van der Waals surface area contributed by atoms with Gasteiger partial charge in [0.2, 0.25) is 10.0 Å². The van der Waals surface area contributed by atoms with Gasteiger partial charge in [0.15, 0.2) is 9.84 Å². The quantitative estimate of drug-likeness (QED) is 0.732. The lowest BCUT2D eigenvalue weighted by Crippen LogP contribution is -2.40. The molecule has 9 heteroatoms. The van der Waals surface area contributed by atoms with E-state index >= 15 is 0 Å². The summed E-state index contributed by atoms with van der Waals surface area (Å²) in [5.74, 6) is 0.876. The molecule has 2 fully saturated rings. The van der Waals surface area contributed by atoms with E-state index in [9.17, 15) is 16.8 Å². The zero-order valence-corrected chi connectivity index (χ0v) is 15.4. The summed E-state index contributed by atoms with van der Waals surface area (Å²) in [5, 5.41) is 4.20. The Morgan fingerprint density at radius 2 is 1.88 bits per heavy atom. The van der Waals surface area contributed by atoms with Gasteiger partial charge in [0.25, 0.3) is 0 Å². The molecule has 0 N–H and O–H groups in total. The van der Waals surface area contributed by atoms with Crippen molar-refractivity contribution in [3.05, 3.63) is 18.5 Å². The minimum Gasteiger partial charge on any atom is -0.272 e. The van der Waals surface area contributed by atoms with E-state index in [1.54, 1.807) is 10.5 Å². The minimum absolute atomic E-state index is 0.00197. The first-order valence-electron chi connectivity index (χ1n) is 8.50. The second-order valence-electron chi connectivity index (χ2n) is 6.94. The van der Waals surface area contributed by atoms with E-state index in [0.717, 1.165) is 19.4 Å². The molecule has 24 heavy (non-hydrogen) atoms. The van der Waals surface area contributed by atoms with E-state index in [4.69, 9.17) is 0 Å². The Morgan fingerprint density at radius 3 is 2.46 bits per heavy atom. The third kappa shape index (κ3) is 4.58. The van der Waals surface area contributed by atoms with E-state index in [2.05, 4.69) is 5.10 Å². The van der Waals surface area contributed by atoms with Crippen molar-refractivity contribution in [2.75, 3.05) is 30.3 Å². The number of aromatic nitrogens is 2. The van der Waals surface area contributed by atoms with Crippen LogP contribution in [0.2, 0.25) is 0 Å². The molecule has 3 rings (SSSR count). The summed E-state index contributed by atoms with van der Waals surface area (Å²) >= 11 is 0. The Balaban J connectivity index is 1.46. The van der Waals surface area contributed by atoms with Crippen LogP contribution in [0.15, 0.2) is 18.5 Å². The van der Waals surface area contributed by atoms with Crippen LogP contribution in [0, 0.1) is 11.8 Å². The maximum absolute atomic E-state index is 12.5. The fourth-order valence-corrected chi connectivity index (χ4v) is 7.15. The molecule has 2 aliphatic heterocycles. The van der Waals surface area contributed by atoms with Crippen LogP contribution in [-0.2, 0) is 26.4 Å². The lowest BCUT2D eigenvalue weighted by molar-refractivity contribution is 0.247. The summed E-state index contributed by atoms with van der Waals surface area (Å²) in [7, 11) is -6.21. The fourth-order valence-electron chi connectivity index (χ4n) is 3.59. The second-order valence-corrected chi connectivity index (χ2v) is 11.3. The van der Waals surface area contributed by atoms with Gasteiger partial charge in [-0.2, -0.15) is 5.10 Å². The molecule has 0 bridgehead atoms. The van der Waals surface area contributed by atoms with Crippen molar-refractivity contribution >= 4 is 19.9 Å². The Kier molecular flexibility index (Phi) is 5.31. The van der Waals surface area contributed by atoms with Crippen LogP contribution in [0.5, 0.6) is 0 Å². The Labute approximate surface area is 144 Å². The van der Waals surface area contributed by atoms with Crippen LogP contribution in [0.3, 0.4) is 0 Å². The molecule has 3 heterocycles. The molecule has 0 radical (unpaired) electrons. The normalized spacial score (nSPS) is 25.9. The lowest BCUT2D eigenvalue weighted by Gasteiger charge is -2.31. The topological polar surface area (TPSA) is 89.3 Å². The summed E-state index contributed by atoms with van der Waals surface area (Å²) in [6.45, 7) is 1.94. The number of sulfone groups is 1. The standard InChI is InChI=1S/C15H25N3O4S2/c19-23(20)10-4-15(13-23)5-11-24(21,22)18-8-2-14(3-9-18)12-17-7-1-6-16-17/h1,6-7,14-15H,2-5,8-13H2. The van der Waals surface area contributed by atoms with E-state index in [1.807, 2.05) is 16.9 Å². The van der Waals surface area contributed by atoms with Crippen LogP contribution < -0.4 is 0 Å². The van der Waals surface area contributed by atoms with Crippen LogP contribution in [0.25, 0.3) is 0 Å². The van der Waals surface area contributed by atoms with Crippen molar-refractivity contribution in [2.24, 2.45) is 11.8 Å². The highest BCUT2D eigenvalue weighted by Crippen LogP contribution is 2.25. The van der Waals surface area contributed by atoms with Gasteiger partial charge in [0.05, 0.1) is 17.3 Å². The predicted octanol–water partition coefficient (Wildman–Crippen LogP) is 0.750. The van der Waals surface area contributed by atoms with Gasteiger partial charge in [0, 0.05) is 32.0 Å². The van der Waals surface area contributed by atoms with Gasteiger partial charge >= 0.3 is 0 Å². The van der Waals surface area contributed by atoms with Crippen molar-refractivity contribution in [1.82, 2.24) is 14.1 Å². The maximum atomic E-state index is 12.5. The summed E-state index contributed by atoms with van der Waals surface area (Å²) < 4.78 is 51.4. The van der Waals surface area contributed by atoms with Gasteiger partial charge in [-0.25, -0.2) is 21.1 Å². The van der Waals surface area contributed by atoms with Crippen molar-refractivity contribution in [3.8, 4) is 0 Å². The van der Waals surface area contributed by atoms with Crippen LogP contribution in [0.4, 0.5) is 0 Å². The zero-order chi connectivity index (χ0) is 17.2. The first-order valence-corrected chi connectivity index (χ1v) is 11.9. The van der Waals surface area contributed by atoms with E-state index in [0.29, 0.717) is 31.8 Å². The summed E-state index contributed by atoms with van der Waals surface area (Å²) in [5.41, 5.74) is 0. The predicted molar refractivity (Wildman–Crippen MR) is 91.7 cm³/mol. The summed E-state index contributed by atoms with van der Waals surface area (Å²) in [6, 6.07) is 1.89. The highest BCUT2D eigenvalue weighted by atomic mass is 32.2. The van der Waals surface area contributed by atoms with Gasteiger partial charge in [-0.1, -0.05) is 0 Å². The SMILES string of the molecule is O=S1(=O)CCC(CCS(=O)(=O)N2CCC(Cn3cccn3)CC2)C1. The van der Waals surface area contributed by atoms with Crippen molar-refractivity contribution in [2.45, 2.75) is 32.2 Å². The second kappa shape index (κ2) is 7.13. The summed E-state index contributed by atoms with van der Waals surface area (Å²) in [4.78, 5) is 0. The van der Waals surface area contributed by atoms with E-state index in [-0.39, 0.29) is 23.2 Å². The highest BCUT2D eigenvalue weighted by Gasteiger charge is 2.32. The van der Waals surface area contributed by atoms with Crippen LogP contribution in [-0.4, -0.2) is 61.3 Å². The molecular formula is C15H25N3O4S2. The minimum atomic E-state index is -3.28. The fraction of sp³-hybridized carbons (Fsp3) is 0.800. The molecule has 0 aromatic carbocycles. The number of piperidine rings is 1. The largest absolute Gasteiger partial charge is 0.272 e. The van der Waals surface area contributed by atoms with E-state index < -0.39 is 19.9 Å². The molecule has 1 aromatic heterocycles. The molecule has 136 valence electrons. The average molecular weight is 376 g/mol. The lowest BCUT2D eigenvalue weighted by atomic mass is 9.98. The molecule has 2 aliphatic rings. The van der Waals surface area contributed by atoms with Gasteiger partial charge in [-0.15, -0.1) is 0 Å². The van der Waals surface area contributed by atoms with Gasteiger partial charge in [0.1, 0.15) is 0 Å². The molecular weight excluding hydrogens is 350 g/mol. The third-order valence-electron chi connectivity index (χ3n) is 5.08. The Morgan fingerprint density at radius 1 is 1.12 bits per heavy atom. The number of hydrogen-bond donors (Lipinski definition) is 0. The summed E-state index contributed by atoms with van der Waals surface area (Å²) in [6.07, 6.45) is 6.42. The molecule has 7 nitrogen and oxygen atoms in total. The van der Waals surface area contributed by atoms with Gasteiger partial charge in [-0.05, 0) is 43.6 Å². The number of hydrogen-bond acceptors (Lipinski definition) is 5. The van der Waals surface area contributed by atoms with Crippen molar-refractivity contribution in [1.29, 1.82) is 0 Å². The van der Waals surface area contributed by atoms with E-state index in [1.165, 1.54) is 0 Å². The highest BCUT2D eigenvalue weighted by molar-refractivity contribution is 7.91. The molecule has 1 aromatic rings. The van der Waals surface area contributed by atoms with Gasteiger partial charge < -0.3 is 0 Å². The number of nitrogens with zero attached hydrogens (tertiary/aromatic N) is 3. The Bertz CT molecular complexity index is 736. The smallest absolute Gasteiger partial charge is 0.214 e. The molecule has 0 saturated carbocycles. The monoisotopic (exact) mass is 375 g/mol.